The van der Waals surface area contributed by atoms with Crippen LogP contribution in [0.2, 0.25) is 0 Å². The topological polar surface area (TPSA) is 70.1 Å². The lowest BCUT2D eigenvalue weighted by atomic mass is 10.1. The highest BCUT2D eigenvalue weighted by Gasteiger charge is 2.08. The second-order valence-corrected chi connectivity index (χ2v) is 4.75. The van der Waals surface area contributed by atoms with Crippen LogP contribution < -0.4 is 10.6 Å². The van der Waals surface area contributed by atoms with Crippen molar-refractivity contribution in [3.05, 3.63) is 47.8 Å². The van der Waals surface area contributed by atoms with Gasteiger partial charge in [0.2, 0.25) is 0 Å². The van der Waals surface area contributed by atoms with E-state index >= 15 is 0 Å². The summed E-state index contributed by atoms with van der Waals surface area (Å²) in [6.07, 6.45) is 0.212. The van der Waals surface area contributed by atoms with Gasteiger partial charge in [-0.05, 0) is 12.5 Å². The van der Waals surface area contributed by atoms with Gasteiger partial charge in [0, 0.05) is 25.6 Å². The van der Waals surface area contributed by atoms with Crippen LogP contribution in [0, 0.1) is 0 Å². The van der Waals surface area contributed by atoms with Gasteiger partial charge in [-0.15, -0.1) is 0 Å². The summed E-state index contributed by atoms with van der Waals surface area (Å²) in [5.74, 6) is 2.32. The van der Waals surface area contributed by atoms with Crippen LogP contribution in [0.1, 0.15) is 31.3 Å². The Hall–Kier alpha value is -2.14. The Morgan fingerprint density at radius 1 is 1.05 bits per heavy atom. The molecule has 0 spiro atoms. The molecule has 1 heterocycles. The van der Waals surface area contributed by atoms with Crippen LogP contribution in [0.3, 0.4) is 0 Å². The molecule has 3 N–H and O–H groups in total. The molecule has 0 amide bonds. The summed E-state index contributed by atoms with van der Waals surface area (Å²) in [5.41, 5.74) is 0.890. The lowest BCUT2D eigenvalue weighted by Crippen LogP contribution is -2.14. The van der Waals surface area contributed by atoms with Crippen LogP contribution in [0.4, 0.5) is 11.6 Å². The van der Waals surface area contributed by atoms with Crippen molar-refractivity contribution < 1.29 is 5.11 Å². The lowest BCUT2D eigenvalue weighted by molar-refractivity contribution is 0.191. The maximum atomic E-state index is 10.2. The van der Waals surface area contributed by atoms with Crippen molar-refractivity contribution >= 4 is 11.6 Å². The largest absolute Gasteiger partial charge is 0.387 e. The molecule has 1 aromatic carbocycles. The fourth-order valence-corrected chi connectivity index (χ4v) is 2.01. The molecule has 0 fully saturated rings. The van der Waals surface area contributed by atoms with Crippen LogP contribution in [0.5, 0.6) is 0 Å². The monoisotopic (exact) mass is 286 g/mol. The Labute approximate surface area is 125 Å². The number of anilines is 2. The van der Waals surface area contributed by atoms with Gasteiger partial charge < -0.3 is 15.7 Å². The minimum Gasteiger partial charge on any atom is -0.387 e. The van der Waals surface area contributed by atoms with Crippen molar-refractivity contribution in [3.63, 3.8) is 0 Å². The van der Waals surface area contributed by atoms with E-state index in [9.17, 15) is 5.11 Å². The summed E-state index contributed by atoms with van der Waals surface area (Å²) in [7, 11) is 0. The highest BCUT2D eigenvalue weighted by molar-refractivity contribution is 5.47. The van der Waals surface area contributed by atoms with E-state index in [1.54, 1.807) is 0 Å². The number of nitrogens with zero attached hydrogens (tertiary/aromatic N) is 2. The van der Waals surface area contributed by atoms with Crippen molar-refractivity contribution in [3.8, 4) is 0 Å². The quantitative estimate of drug-likeness (QED) is 0.730. The smallest absolute Gasteiger partial charge is 0.132 e. The standard InChI is InChI=1S/C16H22N4O/c1-3-14-19-15(17-4-2)10-16(20-14)18-11-13(21)12-8-6-5-7-9-12/h5-10,13,21H,3-4,11H2,1-2H3,(H2,17,18,19,20). The third kappa shape index (κ3) is 4.43. The summed E-state index contributed by atoms with van der Waals surface area (Å²) >= 11 is 0. The highest BCUT2D eigenvalue weighted by atomic mass is 16.3. The predicted octanol–water partition coefficient (Wildman–Crippen LogP) is 2.62. The Morgan fingerprint density at radius 3 is 2.33 bits per heavy atom. The number of aromatic nitrogens is 2. The second kappa shape index (κ2) is 7.59. The summed E-state index contributed by atoms with van der Waals surface area (Å²) in [6, 6.07) is 11.5. The summed E-state index contributed by atoms with van der Waals surface area (Å²) in [4.78, 5) is 8.83. The number of hydrogen-bond acceptors (Lipinski definition) is 5. The molecule has 5 nitrogen and oxygen atoms in total. The molecule has 1 unspecified atom stereocenters. The van der Waals surface area contributed by atoms with Crippen LogP contribution in [-0.2, 0) is 6.42 Å². The molecule has 0 bridgehead atoms. The third-order valence-corrected chi connectivity index (χ3v) is 3.11. The first-order valence-corrected chi connectivity index (χ1v) is 7.31. The Bertz CT molecular complexity index is 559. The zero-order valence-electron chi connectivity index (χ0n) is 12.5. The molecule has 0 aliphatic rings. The molecule has 21 heavy (non-hydrogen) atoms. The number of aliphatic hydroxyl groups is 1. The zero-order chi connectivity index (χ0) is 15.1. The van der Waals surface area contributed by atoms with Gasteiger partial charge in [0.05, 0.1) is 6.10 Å². The van der Waals surface area contributed by atoms with Crippen molar-refractivity contribution in [1.82, 2.24) is 9.97 Å². The van der Waals surface area contributed by atoms with Gasteiger partial charge in [-0.1, -0.05) is 37.3 Å². The molecule has 0 radical (unpaired) electrons. The zero-order valence-corrected chi connectivity index (χ0v) is 12.5. The average Bonchev–Trinajstić information content (AvgIpc) is 2.53. The van der Waals surface area contributed by atoms with E-state index in [1.165, 1.54) is 0 Å². The summed E-state index contributed by atoms with van der Waals surface area (Å²) < 4.78 is 0. The number of rotatable bonds is 7. The van der Waals surface area contributed by atoms with Gasteiger partial charge in [0.15, 0.2) is 0 Å². The van der Waals surface area contributed by atoms with E-state index in [1.807, 2.05) is 50.2 Å². The summed E-state index contributed by atoms with van der Waals surface area (Å²) in [5, 5.41) is 16.5. The van der Waals surface area contributed by atoms with Crippen LogP contribution >= 0.6 is 0 Å². The number of nitrogens with one attached hydrogen (secondary N) is 2. The molecule has 0 saturated heterocycles. The number of aliphatic hydroxyl groups excluding tert-OH is 1. The van der Waals surface area contributed by atoms with Gasteiger partial charge in [-0.3, -0.25) is 0 Å². The molecular formula is C16H22N4O. The molecular weight excluding hydrogens is 264 g/mol. The predicted molar refractivity (Wildman–Crippen MR) is 85.5 cm³/mol. The Balaban J connectivity index is 2.03. The normalized spacial score (nSPS) is 12.0. The molecule has 2 rings (SSSR count). The van der Waals surface area contributed by atoms with Gasteiger partial charge >= 0.3 is 0 Å². The molecule has 0 aliphatic heterocycles. The van der Waals surface area contributed by atoms with Gasteiger partial charge in [-0.25, -0.2) is 9.97 Å². The Morgan fingerprint density at radius 2 is 1.71 bits per heavy atom. The first-order chi connectivity index (χ1) is 10.2. The minimum absolute atomic E-state index is 0.412. The third-order valence-electron chi connectivity index (χ3n) is 3.11. The van der Waals surface area contributed by atoms with Crippen molar-refractivity contribution in [2.75, 3.05) is 23.7 Å². The highest BCUT2D eigenvalue weighted by Crippen LogP contribution is 2.15. The lowest BCUT2D eigenvalue weighted by Gasteiger charge is -2.14. The molecule has 0 saturated carbocycles. The molecule has 0 aliphatic carbocycles. The van der Waals surface area contributed by atoms with E-state index in [4.69, 9.17) is 0 Å². The molecule has 5 heteroatoms. The van der Waals surface area contributed by atoms with Gasteiger partial charge in [0.25, 0.3) is 0 Å². The van der Waals surface area contributed by atoms with Crippen molar-refractivity contribution in [2.45, 2.75) is 26.4 Å². The van der Waals surface area contributed by atoms with E-state index in [0.29, 0.717) is 6.54 Å². The molecule has 112 valence electrons. The number of aryl methyl sites for hydroxylation is 1. The van der Waals surface area contributed by atoms with E-state index in [0.717, 1.165) is 36.0 Å². The summed E-state index contributed by atoms with van der Waals surface area (Å²) in [6.45, 7) is 5.27. The minimum atomic E-state index is -0.561. The first kappa shape index (κ1) is 15.3. The maximum absolute atomic E-state index is 10.2. The fourth-order valence-electron chi connectivity index (χ4n) is 2.01. The van der Waals surface area contributed by atoms with Gasteiger partial charge in [-0.2, -0.15) is 0 Å². The molecule has 2 aromatic rings. The maximum Gasteiger partial charge on any atom is 0.132 e. The van der Waals surface area contributed by atoms with E-state index in [-0.39, 0.29) is 0 Å². The van der Waals surface area contributed by atoms with E-state index in [2.05, 4.69) is 20.6 Å². The van der Waals surface area contributed by atoms with Crippen LogP contribution in [0.25, 0.3) is 0 Å². The Kier molecular flexibility index (Phi) is 5.51. The molecule has 1 atom stereocenters. The molecule has 1 aromatic heterocycles. The van der Waals surface area contributed by atoms with Crippen molar-refractivity contribution in [2.24, 2.45) is 0 Å². The first-order valence-electron chi connectivity index (χ1n) is 7.31. The van der Waals surface area contributed by atoms with Crippen molar-refractivity contribution in [1.29, 1.82) is 0 Å². The number of benzene rings is 1. The second-order valence-electron chi connectivity index (χ2n) is 4.75. The van der Waals surface area contributed by atoms with Crippen LogP contribution in [-0.4, -0.2) is 28.2 Å². The van der Waals surface area contributed by atoms with Gasteiger partial charge in [0.1, 0.15) is 17.5 Å². The average molecular weight is 286 g/mol. The van der Waals surface area contributed by atoms with Crippen LogP contribution in [0.15, 0.2) is 36.4 Å². The van der Waals surface area contributed by atoms with E-state index < -0.39 is 6.10 Å². The fraction of sp³-hybridized carbons (Fsp3) is 0.375. The SMILES string of the molecule is CCNc1cc(NCC(O)c2ccccc2)nc(CC)n1. The number of hydrogen-bond donors (Lipinski definition) is 3.